The summed E-state index contributed by atoms with van der Waals surface area (Å²) in [6.07, 6.45) is -0.309. The topological polar surface area (TPSA) is 49.9 Å². The van der Waals surface area contributed by atoms with Crippen molar-refractivity contribution in [1.82, 2.24) is 5.32 Å². The molecule has 0 saturated heterocycles. The highest BCUT2D eigenvalue weighted by Crippen LogP contribution is 2.36. The van der Waals surface area contributed by atoms with Gasteiger partial charge in [0, 0.05) is 21.9 Å². The maximum absolute atomic E-state index is 6.54. The lowest BCUT2D eigenvalue weighted by molar-refractivity contribution is 0.668. The van der Waals surface area contributed by atoms with Gasteiger partial charge in [-0.25, -0.2) is 9.98 Å². The van der Waals surface area contributed by atoms with Crippen LogP contribution in [0.1, 0.15) is 22.9 Å². The third kappa shape index (κ3) is 5.17. The van der Waals surface area contributed by atoms with Gasteiger partial charge in [-0.3, -0.25) is 0 Å². The van der Waals surface area contributed by atoms with Crippen LogP contribution in [0.5, 0.6) is 0 Å². The van der Waals surface area contributed by atoms with Crippen LogP contribution in [0, 0.1) is 0 Å². The molecule has 0 saturated carbocycles. The van der Waals surface area contributed by atoms with Crippen LogP contribution in [0.4, 0.5) is 0 Å². The van der Waals surface area contributed by atoms with Crippen LogP contribution in [0.25, 0.3) is 65.7 Å². The largest absolute Gasteiger partial charge is 0.456 e. The lowest BCUT2D eigenvalue weighted by atomic mass is 9.98. The first-order valence-corrected chi connectivity index (χ1v) is 17.3. The molecule has 0 radical (unpaired) electrons. The lowest BCUT2D eigenvalue weighted by Crippen LogP contribution is -2.33. The molecule has 0 bridgehead atoms. The highest BCUT2D eigenvalue weighted by Gasteiger charge is 2.24. The molecule has 4 heteroatoms. The molecule has 1 aliphatic heterocycles. The van der Waals surface area contributed by atoms with Crippen molar-refractivity contribution in [2.24, 2.45) is 9.98 Å². The molecule has 9 aromatic rings. The second kappa shape index (κ2) is 12.0. The number of rotatable bonds is 5. The smallest absolute Gasteiger partial charge is 0.159 e. The summed E-state index contributed by atoms with van der Waals surface area (Å²) in [7, 11) is 0. The van der Waals surface area contributed by atoms with E-state index in [0.29, 0.717) is 5.84 Å². The van der Waals surface area contributed by atoms with Gasteiger partial charge in [0.2, 0.25) is 0 Å². The maximum Gasteiger partial charge on any atom is 0.159 e. The SMILES string of the molecule is c1ccc(-c2ccc(-c3ccc4c(c3)oc3cccc(C5=NC(c6ccc7ccc8ccccc8c7c6)=NC(c6ccccc6)N5)c34)cc2)cc1. The van der Waals surface area contributed by atoms with Crippen LogP contribution in [0.15, 0.2) is 190 Å². The van der Waals surface area contributed by atoms with Gasteiger partial charge >= 0.3 is 0 Å². The molecule has 51 heavy (non-hydrogen) atoms. The highest BCUT2D eigenvalue weighted by molar-refractivity contribution is 6.22. The van der Waals surface area contributed by atoms with Crippen molar-refractivity contribution in [3.8, 4) is 22.3 Å². The highest BCUT2D eigenvalue weighted by atomic mass is 16.3. The number of nitrogens with zero attached hydrogens (tertiary/aromatic N) is 2. The van der Waals surface area contributed by atoms with Gasteiger partial charge in [0.1, 0.15) is 23.2 Å². The number of fused-ring (bicyclic) bond motifs is 6. The Morgan fingerprint density at radius 2 is 1.10 bits per heavy atom. The van der Waals surface area contributed by atoms with E-state index in [1.165, 1.54) is 32.7 Å². The fraction of sp³-hybridized carbons (Fsp3) is 0.0213. The number of hydrogen-bond donors (Lipinski definition) is 1. The van der Waals surface area contributed by atoms with E-state index in [9.17, 15) is 0 Å². The van der Waals surface area contributed by atoms with Crippen molar-refractivity contribution in [2.75, 3.05) is 0 Å². The Labute approximate surface area is 295 Å². The first-order valence-electron chi connectivity index (χ1n) is 17.3. The fourth-order valence-corrected chi connectivity index (χ4v) is 7.35. The third-order valence-corrected chi connectivity index (χ3v) is 9.94. The summed E-state index contributed by atoms with van der Waals surface area (Å²) < 4.78 is 6.54. The van der Waals surface area contributed by atoms with E-state index in [1.807, 2.05) is 24.3 Å². The summed E-state index contributed by atoms with van der Waals surface area (Å²) in [6.45, 7) is 0. The van der Waals surface area contributed by atoms with E-state index >= 15 is 0 Å². The molecule has 4 nitrogen and oxygen atoms in total. The van der Waals surface area contributed by atoms with Gasteiger partial charge < -0.3 is 9.73 Å². The molecule has 1 aromatic heterocycles. The number of furan rings is 1. The van der Waals surface area contributed by atoms with Gasteiger partial charge in [0.05, 0.1) is 0 Å². The van der Waals surface area contributed by atoms with Gasteiger partial charge in [0.15, 0.2) is 5.84 Å². The predicted molar refractivity (Wildman–Crippen MR) is 211 cm³/mol. The maximum atomic E-state index is 6.54. The van der Waals surface area contributed by atoms with E-state index in [1.54, 1.807) is 0 Å². The molecule has 0 fully saturated rings. The Morgan fingerprint density at radius 1 is 0.451 bits per heavy atom. The van der Waals surface area contributed by atoms with Crippen molar-refractivity contribution in [1.29, 1.82) is 0 Å². The molecule has 1 N–H and O–H groups in total. The first-order chi connectivity index (χ1) is 25.2. The second-order valence-electron chi connectivity index (χ2n) is 13.0. The van der Waals surface area contributed by atoms with Crippen molar-refractivity contribution in [3.63, 3.8) is 0 Å². The van der Waals surface area contributed by atoms with E-state index < -0.39 is 0 Å². The van der Waals surface area contributed by atoms with Gasteiger partial charge in [-0.15, -0.1) is 0 Å². The summed E-state index contributed by atoms with van der Waals surface area (Å²) in [5, 5.41) is 10.6. The molecule has 1 atom stereocenters. The van der Waals surface area contributed by atoms with Crippen molar-refractivity contribution in [2.45, 2.75) is 6.17 Å². The molecular weight excluding hydrogens is 623 g/mol. The molecule has 0 amide bonds. The van der Waals surface area contributed by atoms with E-state index in [4.69, 9.17) is 14.4 Å². The summed E-state index contributed by atoms with van der Waals surface area (Å²) in [4.78, 5) is 10.4. The van der Waals surface area contributed by atoms with Gasteiger partial charge in [-0.2, -0.15) is 0 Å². The number of nitrogens with one attached hydrogen (secondary N) is 1. The third-order valence-electron chi connectivity index (χ3n) is 9.94. The van der Waals surface area contributed by atoms with Gasteiger partial charge in [-0.05, 0) is 73.6 Å². The van der Waals surface area contributed by atoms with Crippen molar-refractivity contribution < 1.29 is 4.42 Å². The average molecular weight is 654 g/mol. The van der Waals surface area contributed by atoms with Crippen LogP contribution >= 0.6 is 0 Å². The molecule has 0 spiro atoms. The van der Waals surface area contributed by atoms with Gasteiger partial charge in [-0.1, -0.05) is 152 Å². The minimum atomic E-state index is -0.309. The number of benzene rings is 8. The molecule has 0 aliphatic carbocycles. The molecule has 240 valence electrons. The Morgan fingerprint density at radius 3 is 1.92 bits per heavy atom. The zero-order chi connectivity index (χ0) is 33.7. The molecule has 10 rings (SSSR count). The van der Waals surface area contributed by atoms with Crippen LogP contribution in [-0.4, -0.2) is 11.7 Å². The quantitative estimate of drug-likeness (QED) is 0.188. The van der Waals surface area contributed by atoms with Crippen LogP contribution < -0.4 is 5.32 Å². The number of hydrogen-bond acceptors (Lipinski definition) is 4. The number of amidine groups is 2. The van der Waals surface area contributed by atoms with Crippen molar-refractivity contribution in [3.05, 3.63) is 193 Å². The van der Waals surface area contributed by atoms with Crippen LogP contribution in [0.3, 0.4) is 0 Å². The zero-order valence-electron chi connectivity index (χ0n) is 27.6. The molecule has 1 unspecified atom stereocenters. The predicted octanol–water partition coefficient (Wildman–Crippen LogP) is 11.7. The Bertz CT molecular complexity index is 2820. The molecule has 1 aliphatic rings. The zero-order valence-corrected chi connectivity index (χ0v) is 27.6. The summed E-state index contributed by atoms with van der Waals surface area (Å²) in [5.74, 6) is 1.46. The summed E-state index contributed by atoms with van der Waals surface area (Å²) >= 11 is 0. The Kier molecular flexibility index (Phi) is 6.85. The Balaban J connectivity index is 1.08. The van der Waals surface area contributed by atoms with E-state index in [0.717, 1.165) is 55.6 Å². The number of aliphatic imine (C=N–C) groups is 2. The molecule has 8 aromatic carbocycles. The normalized spacial score (nSPS) is 14.5. The van der Waals surface area contributed by atoms with E-state index in [2.05, 4.69) is 157 Å². The fourth-order valence-electron chi connectivity index (χ4n) is 7.35. The standard InChI is InChI=1S/C47H31N3O/c1-3-10-30(11-4-1)31-18-20-32(21-19-31)36-26-27-39-43(29-36)51-42-17-9-16-40(44(39)42)47-49-45(35-13-5-2-6-14-35)48-46(50-47)37-25-24-34-23-22-33-12-7-8-15-38(33)41(34)28-37/h1-29,45H,(H,48,49,50). The monoisotopic (exact) mass is 653 g/mol. The second-order valence-corrected chi connectivity index (χ2v) is 13.0. The molecule has 2 heterocycles. The van der Waals surface area contributed by atoms with E-state index in [-0.39, 0.29) is 6.17 Å². The van der Waals surface area contributed by atoms with Crippen LogP contribution in [0.2, 0.25) is 0 Å². The summed E-state index contributed by atoms with van der Waals surface area (Å²) in [5.41, 5.74) is 9.35. The van der Waals surface area contributed by atoms with Crippen LogP contribution in [-0.2, 0) is 0 Å². The average Bonchev–Trinajstić information content (AvgIpc) is 3.59. The minimum Gasteiger partial charge on any atom is -0.456 e. The summed E-state index contributed by atoms with van der Waals surface area (Å²) in [6, 6.07) is 61.7. The van der Waals surface area contributed by atoms with Gasteiger partial charge in [0.25, 0.3) is 0 Å². The lowest BCUT2D eigenvalue weighted by Gasteiger charge is -2.24. The Hall–Kier alpha value is -6.78. The van der Waals surface area contributed by atoms with Crippen molar-refractivity contribution >= 4 is 55.2 Å². The first kappa shape index (κ1) is 29.2. The molecular formula is C47H31N3O. The minimum absolute atomic E-state index is 0.309.